The summed E-state index contributed by atoms with van der Waals surface area (Å²) in [5.41, 5.74) is 0. The topological polar surface area (TPSA) is 48.0 Å². The summed E-state index contributed by atoms with van der Waals surface area (Å²) in [5, 5.41) is 0. The molecular formula is C13H25NO4. The van der Waals surface area contributed by atoms with Gasteiger partial charge in [0.2, 0.25) is 0 Å². The van der Waals surface area contributed by atoms with Crippen LogP contribution in [0.4, 0.5) is 0 Å². The van der Waals surface area contributed by atoms with E-state index >= 15 is 0 Å². The number of nitrogens with zero attached hydrogens (tertiary/aromatic N) is 1. The van der Waals surface area contributed by atoms with Crippen LogP contribution in [0.1, 0.15) is 13.3 Å². The Morgan fingerprint density at radius 1 is 1.44 bits per heavy atom. The third-order valence-corrected chi connectivity index (χ3v) is 3.36. The van der Waals surface area contributed by atoms with Crippen molar-refractivity contribution in [3.63, 3.8) is 0 Å². The van der Waals surface area contributed by atoms with Crippen molar-refractivity contribution in [1.29, 1.82) is 0 Å². The monoisotopic (exact) mass is 259 g/mol. The Hall–Kier alpha value is -0.490. The maximum Gasteiger partial charge on any atom is 0.152 e. The fraction of sp³-hybridized carbons (Fsp3) is 0.923. The number of rotatable bonds is 9. The van der Waals surface area contributed by atoms with E-state index in [1.165, 1.54) is 0 Å². The number of ether oxygens (including phenoxy) is 3. The molecule has 0 spiro atoms. The van der Waals surface area contributed by atoms with Crippen molar-refractivity contribution in [2.75, 3.05) is 53.7 Å². The van der Waals surface area contributed by atoms with Gasteiger partial charge in [-0.3, -0.25) is 9.69 Å². The second-order valence-corrected chi connectivity index (χ2v) is 4.79. The van der Waals surface area contributed by atoms with E-state index < -0.39 is 0 Å². The minimum Gasteiger partial charge on any atom is -0.383 e. The SMILES string of the molecule is COCCN(CC(=O)C1CCOC1)C(C)COC. The van der Waals surface area contributed by atoms with Gasteiger partial charge in [-0.1, -0.05) is 0 Å². The molecular weight excluding hydrogens is 234 g/mol. The van der Waals surface area contributed by atoms with Crippen molar-refractivity contribution in [2.24, 2.45) is 5.92 Å². The molecule has 1 saturated heterocycles. The van der Waals surface area contributed by atoms with Gasteiger partial charge in [0.05, 0.1) is 26.4 Å². The lowest BCUT2D eigenvalue weighted by atomic mass is 10.0. The zero-order chi connectivity index (χ0) is 13.4. The maximum atomic E-state index is 12.1. The first kappa shape index (κ1) is 15.6. The van der Waals surface area contributed by atoms with E-state index in [9.17, 15) is 4.79 Å². The molecule has 2 atom stereocenters. The minimum atomic E-state index is 0.0739. The third kappa shape index (κ3) is 5.02. The Balaban J connectivity index is 2.45. The van der Waals surface area contributed by atoms with Gasteiger partial charge in [-0.2, -0.15) is 0 Å². The Morgan fingerprint density at radius 3 is 2.78 bits per heavy atom. The number of hydrogen-bond donors (Lipinski definition) is 0. The van der Waals surface area contributed by atoms with Crippen molar-refractivity contribution in [3.05, 3.63) is 0 Å². The van der Waals surface area contributed by atoms with Crippen LogP contribution in [0.3, 0.4) is 0 Å². The fourth-order valence-electron chi connectivity index (χ4n) is 2.13. The first-order chi connectivity index (χ1) is 8.69. The van der Waals surface area contributed by atoms with Gasteiger partial charge in [-0.15, -0.1) is 0 Å². The molecule has 1 fully saturated rings. The number of ketones is 1. The summed E-state index contributed by atoms with van der Waals surface area (Å²) in [4.78, 5) is 14.2. The van der Waals surface area contributed by atoms with Crippen molar-refractivity contribution >= 4 is 5.78 Å². The average Bonchev–Trinajstić information content (AvgIpc) is 2.88. The predicted octanol–water partition coefficient (Wildman–Crippen LogP) is 0.575. The van der Waals surface area contributed by atoms with Gasteiger partial charge in [0, 0.05) is 39.3 Å². The summed E-state index contributed by atoms with van der Waals surface area (Å²) in [6, 6.07) is 0.219. The lowest BCUT2D eigenvalue weighted by Gasteiger charge is -2.28. The standard InChI is InChI=1S/C13H25NO4/c1-11(9-17-3)14(5-7-16-2)8-13(15)12-4-6-18-10-12/h11-12H,4-10H2,1-3H3. The molecule has 106 valence electrons. The zero-order valence-corrected chi connectivity index (χ0v) is 11.7. The molecule has 0 amide bonds. The van der Waals surface area contributed by atoms with E-state index in [0.717, 1.165) is 13.0 Å². The molecule has 0 aliphatic carbocycles. The molecule has 1 heterocycles. The molecule has 0 aromatic heterocycles. The molecule has 1 aliphatic rings. The smallest absolute Gasteiger partial charge is 0.152 e. The van der Waals surface area contributed by atoms with Gasteiger partial charge in [0.15, 0.2) is 5.78 Å². The number of methoxy groups -OCH3 is 2. The van der Waals surface area contributed by atoms with E-state index in [1.54, 1.807) is 14.2 Å². The fourth-order valence-corrected chi connectivity index (χ4v) is 2.13. The van der Waals surface area contributed by atoms with Crippen LogP contribution in [0.2, 0.25) is 0 Å². The Morgan fingerprint density at radius 2 is 2.22 bits per heavy atom. The van der Waals surface area contributed by atoms with E-state index in [4.69, 9.17) is 14.2 Å². The van der Waals surface area contributed by atoms with Gasteiger partial charge in [-0.05, 0) is 13.3 Å². The summed E-state index contributed by atoms with van der Waals surface area (Å²) in [7, 11) is 3.35. The number of carbonyl (C=O) groups excluding carboxylic acids is 1. The largest absolute Gasteiger partial charge is 0.383 e. The van der Waals surface area contributed by atoms with Crippen molar-refractivity contribution in [1.82, 2.24) is 4.90 Å². The minimum absolute atomic E-state index is 0.0739. The molecule has 2 unspecified atom stereocenters. The Bertz CT molecular complexity index is 241. The highest BCUT2D eigenvalue weighted by Crippen LogP contribution is 2.14. The molecule has 0 radical (unpaired) electrons. The van der Waals surface area contributed by atoms with Crippen LogP contribution in [0, 0.1) is 5.92 Å². The predicted molar refractivity (Wildman–Crippen MR) is 68.7 cm³/mol. The van der Waals surface area contributed by atoms with Gasteiger partial charge in [0.25, 0.3) is 0 Å². The zero-order valence-electron chi connectivity index (χ0n) is 11.7. The van der Waals surface area contributed by atoms with Gasteiger partial charge < -0.3 is 14.2 Å². The van der Waals surface area contributed by atoms with Crippen LogP contribution < -0.4 is 0 Å². The Labute approximate surface area is 109 Å². The highest BCUT2D eigenvalue weighted by atomic mass is 16.5. The van der Waals surface area contributed by atoms with E-state index in [-0.39, 0.29) is 17.7 Å². The number of Topliss-reactive ketones (excluding diaryl/α,β-unsaturated/α-hetero) is 1. The summed E-state index contributed by atoms with van der Waals surface area (Å²) in [6.07, 6.45) is 0.857. The molecule has 18 heavy (non-hydrogen) atoms. The molecule has 5 nitrogen and oxygen atoms in total. The number of hydrogen-bond acceptors (Lipinski definition) is 5. The number of carbonyl (C=O) groups is 1. The molecule has 0 saturated carbocycles. The molecule has 0 aromatic rings. The van der Waals surface area contributed by atoms with Gasteiger partial charge >= 0.3 is 0 Å². The summed E-state index contributed by atoms with van der Waals surface area (Å²) in [6.45, 7) is 5.82. The highest BCUT2D eigenvalue weighted by molar-refractivity contribution is 5.83. The van der Waals surface area contributed by atoms with Crippen LogP contribution in [0.15, 0.2) is 0 Å². The van der Waals surface area contributed by atoms with Crippen LogP contribution in [-0.2, 0) is 19.0 Å². The Kier molecular flexibility index (Phi) is 7.42. The van der Waals surface area contributed by atoms with Crippen LogP contribution >= 0.6 is 0 Å². The van der Waals surface area contributed by atoms with Gasteiger partial charge in [-0.25, -0.2) is 0 Å². The summed E-state index contributed by atoms with van der Waals surface area (Å²) in [5.74, 6) is 0.344. The van der Waals surface area contributed by atoms with E-state index in [0.29, 0.717) is 33.0 Å². The lowest BCUT2D eigenvalue weighted by Crippen LogP contribution is -2.43. The van der Waals surface area contributed by atoms with Crippen molar-refractivity contribution in [2.45, 2.75) is 19.4 Å². The molecule has 0 aromatic carbocycles. The molecule has 1 rings (SSSR count). The first-order valence-corrected chi connectivity index (χ1v) is 6.51. The normalized spacial score (nSPS) is 21.4. The molecule has 1 aliphatic heterocycles. The quantitative estimate of drug-likeness (QED) is 0.606. The van der Waals surface area contributed by atoms with E-state index in [2.05, 4.69) is 11.8 Å². The molecule has 0 bridgehead atoms. The summed E-state index contributed by atoms with van der Waals surface area (Å²) < 4.78 is 15.5. The van der Waals surface area contributed by atoms with Crippen LogP contribution in [0.25, 0.3) is 0 Å². The van der Waals surface area contributed by atoms with Crippen molar-refractivity contribution in [3.8, 4) is 0 Å². The maximum absolute atomic E-state index is 12.1. The van der Waals surface area contributed by atoms with Crippen LogP contribution in [0.5, 0.6) is 0 Å². The molecule has 5 heteroatoms. The van der Waals surface area contributed by atoms with Gasteiger partial charge in [0.1, 0.15) is 0 Å². The second-order valence-electron chi connectivity index (χ2n) is 4.79. The average molecular weight is 259 g/mol. The lowest BCUT2D eigenvalue weighted by molar-refractivity contribution is -0.124. The first-order valence-electron chi connectivity index (χ1n) is 6.51. The summed E-state index contributed by atoms with van der Waals surface area (Å²) >= 11 is 0. The van der Waals surface area contributed by atoms with Crippen LogP contribution in [-0.4, -0.2) is 70.5 Å². The second kappa shape index (κ2) is 8.58. The third-order valence-electron chi connectivity index (χ3n) is 3.36. The van der Waals surface area contributed by atoms with Crippen molar-refractivity contribution < 1.29 is 19.0 Å². The molecule has 0 N–H and O–H groups in total. The highest BCUT2D eigenvalue weighted by Gasteiger charge is 2.26. The van der Waals surface area contributed by atoms with E-state index in [1.807, 2.05) is 0 Å².